The number of H-pyrrole nitrogens is 1. The molecule has 0 spiro atoms. The van der Waals surface area contributed by atoms with Crippen molar-refractivity contribution < 1.29 is 14.3 Å². The number of rotatable bonds is 3. The van der Waals surface area contributed by atoms with Gasteiger partial charge in [-0.1, -0.05) is 19.9 Å². The molecular formula is C28H31N5O3S. The molecule has 0 unspecified atom stereocenters. The van der Waals surface area contributed by atoms with Crippen molar-refractivity contribution in [3.63, 3.8) is 0 Å². The zero-order valence-corrected chi connectivity index (χ0v) is 22.6. The molecular weight excluding hydrogens is 486 g/mol. The van der Waals surface area contributed by atoms with Crippen LogP contribution in [-0.2, 0) is 10.2 Å². The zero-order chi connectivity index (χ0) is 26.5. The van der Waals surface area contributed by atoms with E-state index in [1.165, 1.54) is 12.1 Å². The smallest absolute Gasteiger partial charge is 0.418 e. The Morgan fingerprint density at radius 1 is 1.14 bits per heavy atom. The summed E-state index contributed by atoms with van der Waals surface area (Å²) in [6.45, 7) is 12.9. The number of amides is 1. The number of nitrogens with zero attached hydrogens (tertiary/aromatic N) is 3. The Balaban J connectivity index is 1.34. The number of aromatic nitrogens is 1. The third-order valence-corrected chi connectivity index (χ3v) is 7.84. The summed E-state index contributed by atoms with van der Waals surface area (Å²) >= 11 is 1.28. The fraction of sp³-hybridized carbons (Fsp3) is 0.393. The van der Waals surface area contributed by atoms with Crippen LogP contribution in [0.1, 0.15) is 67.4 Å². The first-order valence-corrected chi connectivity index (χ1v) is 13.2. The van der Waals surface area contributed by atoms with Crippen molar-refractivity contribution in [2.45, 2.75) is 45.6 Å². The highest BCUT2D eigenvalue weighted by atomic mass is 32.2. The fourth-order valence-corrected chi connectivity index (χ4v) is 5.71. The number of benzene rings is 2. The van der Waals surface area contributed by atoms with Crippen LogP contribution in [0.25, 0.3) is 10.9 Å². The Labute approximate surface area is 221 Å². The highest BCUT2D eigenvalue weighted by Crippen LogP contribution is 2.44. The number of fused-ring (bicyclic) bond motifs is 4. The number of anilines is 1. The van der Waals surface area contributed by atoms with Crippen molar-refractivity contribution in [3.05, 3.63) is 64.3 Å². The Hall–Kier alpha value is -3.48. The van der Waals surface area contributed by atoms with Crippen LogP contribution in [0.2, 0.25) is 0 Å². The number of hydrogen-bond donors (Lipinski definition) is 2. The van der Waals surface area contributed by atoms with Gasteiger partial charge in [0.2, 0.25) is 0 Å². The lowest BCUT2D eigenvalue weighted by Crippen LogP contribution is -2.45. The second kappa shape index (κ2) is 9.12. The molecule has 2 aromatic carbocycles. The normalized spacial score (nSPS) is 17.2. The minimum atomic E-state index is -0.530. The average Bonchev–Trinajstić information content (AvgIpc) is 3.25. The Kier molecular flexibility index (Phi) is 6.21. The summed E-state index contributed by atoms with van der Waals surface area (Å²) in [5.41, 5.74) is 4.83. The van der Waals surface area contributed by atoms with Gasteiger partial charge < -0.3 is 14.6 Å². The molecule has 1 aliphatic heterocycles. The van der Waals surface area contributed by atoms with Gasteiger partial charge in [0, 0.05) is 71.6 Å². The van der Waals surface area contributed by atoms with Crippen molar-refractivity contribution in [1.82, 2.24) is 14.0 Å². The number of ether oxygens (including phenoxy) is 1. The van der Waals surface area contributed by atoms with Crippen LogP contribution >= 0.6 is 12.1 Å². The molecule has 1 aromatic heterocycles. The number of aromatic amines is 1. The number of ketones is 1. The van der Waals surface area contributed by atoms with E-state index in [0.29, 0.717) is 11.1 Å². The maximum Gasteiger partial charge on any atom is 0.418 e. The fourth-order valence-electron chi connectivity index (χ4n) is 5.12. The maximum absolute atomic E-state index is 13.6. The van der Waals surface area contributed by atoms with Gasteiger partial charge in [0.25, 0.3) is 0 Å². The second-order valence-electron chi connectivity index (χ2n) is 11.0. The summed E-state index contributed by atoms with van der Waals surface area (Å²) in [6, 6.07) is 13.7. The predicted molar refractivity (Wildman–Crippen MR) is 146 cm³/mol. The molecule has 2 heterocycles. The molecule has 2 N–H and O–H groups in total. The topological polar surface area (TPSA) is 101 Å². The van der Waals surface area contributed by atoms with Crippen LogP contribution in [0, 0.1) is 11.3 Å². The van der Waals surface area contributed by atoms with Gasteiger partial charge in [-0.15, -0.1) is 0 Å². The summed E-state index contributed by atoms with van der Waals surface area (Å²) in [5.74, 6) is 0.0151. The van der Waals surface area contributed by atoms with Gasteiger partial charge in [-0.05, 0) is 56.7 Å². The van der Waals surface area contributed by atoms with E-state index in [4.69, 9.17) is 4.74 Å². The quantitative estimate of drug-likeness (QED) is 0.465. The number of hydrogen-bond acceptors (Lipinski definition) is 7. The molecule has 3 aromatic rings. The van der Waals surface area contributed by atoms with Crippen LogP contribution in [0.5, 0.6) is 0 Å². The standard InChI is InChI=1S/C28H31N5O3S/c1-27(2,3)36-26(35)31-37-33-12-10-32(11-13-33)18-7-9-19-21(15-18)28(4,5)25-23(24(19)34)20-8-6-17(16-29)14-22(20)30-25/h6-9,14-15,30H,10-13H2,1-5H3,(H,31,35). The lowest BCUT2D eigenvalue weighted by molar-refractivity contribution is 0.0572. The van der Waals surface area contributed by atoms with E-state index in [-0.39, 0.29) is 5.78 Å². The van der Waals surface area contributed by atoms with Gasteiger partial charge in [0.1, 0.15) is 5.60 Å². The lowest BCUT2D eigenvalue weighted by atomic mass is 9.71. The molecule has 0 radical (unpaired) electrons. The number of piperazine rings is 1. The Morgan fingerprint density at radius 2 is 1.86 bits per heavy atom. The van der Waals surface area contributed by atoms with Gasteiger partial charge in [-0.3, -0.25) is 9.52 Å². The van der Waals surface area contributed by atoms with Gasteiger partial charge in [-0.2, -0.15) is 5.26 Å². The van der Waals surface area contributed by atoms with E-state index < -0.39 is 17.1 Å². The molecule has 0 atom stereocenters. The summed E-state index contributed by atoms with van der Waals surface area (Å²) in [7, 11) is 0. The molecule has 9 heteroatoms. The number of nitrogens with one attached hydrogen (secondary N) is 2. The minimum absolute atomic E-state index is 0.0151. The molecule has 2 aliphatic rings. The number of carbonyl (C=O) groups is 2. The molecule has 5 rings (SSSR count). The second-order valence-corrected chi connectivity index (χ2v) is 11.9. The van der Waals surface area contributed by atoms with Crippen LogP contribution in [0.15, 0.2) is 36.4 Å². The van der Waals surface area contributed by atoms with E-state index in [9.17, 15) is 14.9 Å². The zero-order valence-electron chi connectivity index (χ0n) is 21.8. The van der Waals surface area contributed by atoms with E-state index >= 15 is 0 Å². The Bertz CT molecular complexity index is 1440. The first kappa shape index (κ1) is 25.2. The van der Waals surface area contributed by atoms with Gasteiger partial charge >= 0.3 is 6.09 Å². The largest absolute Gasteiger partial charge is 0.443 e. The van der Waals surface area contributed by atoms with Crippen LogP contribution in [0.4, 0.5) is 10.5 Å². The van der Waals surface area contributed by atoms with Gasteiger partial charge in [0.15, 0.2) is 5.78 Å². The Morgan fingerprint density at radius 3 is 2.54 bits per heavy atom. The molecule has 1 saturated heterocycles. The minimum Gasteiger partial charge on any atom is -0.443 e. The third-order valence-electron chi connectivity index (χ3n) is 6.96. The van der Waals surface area contributed by atoms with Gasteiger partial charge in [0.05, 0.1) is 17.2 Å². The summed E-state index contributed by atoms with van der Waals surface area (Å²) in [5, 5.41) is 10.2. The van der Waals surface area contributed by atoms with Crippen LogP contribution in [-0.4, -0.2) is 52.9 Å². The predicted octanol–water partition coefficient (Wildman–Crippen LogP) is 5.12. The summed E-state index contributed by atoms with van der Waals surface area (Å²) in [6.07, 6.45) is -0.443. The molecule has 1 aliphatic carbocycles. The van der Waals surface area contributed by atoms with Crippen molar-refractivity contribution in [1.29, 1.82) is 5.26 Å². The summed E-state index contributed by atoms with van der Waals surface area (Å²) < 4.78 is 10.2. The molecule has 0 saturated carbocycles. The maximum atomic E-state index is 13.6. The number of nitriles is 1. The average molecular weight is 518 g/mol. The highest BCUT2D eigenvalue weighted by Gasteiger charge is 2.40. The third kappa shape index (κ3) is 4.67. The lowest BCUT2D eigenvalue weighted by Gasteiger charge is -2.37. The van der Waals surface area contributed by atoms with E-state index in [2.05, 4.69) is 44.9 Å². The van der Waals surface area contributed by atoms with E-state index in [1.807, 2.05) is 45.0 Å². The van der Waals surface area contributed by atoms with Crippen molar-refractivity contribution in [2.24, 2.45) is 0 Å². The first-order valence-electron chi connectivity index (χ1n) is 12.4. The SMILES string of the molecule is CC(C)(C)OC(=O)NSN1CCN(c2ccc3c(c2)C(C)(C)c2[nH]c4cc(C#N)ccc4c2C3=O)CC1. The van der Waals surface area contributed by atoms with Gasteiger partial charge in [-0.25, -0.2) is 9.10 Å². The van der Waals surface area contributed by atoms with Crippen molar-refractivity contribution in [2.75, 3.05) is 31.1 Å². The van der Waals surface area contributed by atoms with E-state index in [1.54, 1.807) is 6.07 Å². The monoisotopic (exact) mass is 517 g/mol. The van der Waals surface area contributed by atoms with Crippen LogP contribution in [0.3, 0.4) is 0 Å². The molecule has 37 heavy (non-hydrogen) atoms. The highest BCUT2D eigenvalue weighted by molar-refractivity contribution is 7.95. The van der Waals surface area contributed by atoms with E-state index in [0.717, 1.165) is 59.6 Å². The molecule has 1 fully saturated rings. The first-order chi connectivity index (χ1) is 17.5. The summed E-state index contributed by atoms with van der Waals surface area (Å²) in [4.78, 5) is 31.3. The number of carbonyl (C=O) groups excluding carboxylic acids is 2. The van der Waals surface area contributed by atoms with Crippen molar-refractivity contribution >= 4 is 40.6 Å². The molecule has 192 valence electrons. The van der Waals surface area contributed by atoms with Crippen LogP contribution < -0.4 is 9.62 Å². The molecule has 8 nitrogen and oxygen atoms in total. The molecule has 0 bridgehead atoms. The molecule has 1 amide bonds. The van der Waals surface area contributed by atoms with Crippen molar-refractivity contribution in [3.8, 4) is 6.07 Å².